The smallest absolute Gasteiger partial charge is 0.188 e. The number of hydrogen-bond acceptors (Lipinski definition) is 4. The zero-order valence-electron chi connectivity index (χ0n) is 13.9. The van der Waals surface area contributed by atoms with Crippen molar-refractivity contribution in [2.24, 2.45) is 0 Å². The maximum absolute atomic E-state index is 9.23. The SMILES string of the molecule is [C-]#[N+]c1ccc2ncc3nc(CC#N)n([C@@H]4CCO[C@H](C)C4)c3c2c1. The number of benzene rings is 1. The van der Waals surface area contributed by atoms with Gasteiger partial charge in [0.2, 0.25) is 0 Å². The average molecular weight is 331 g/mol. The summed E-state index contributed by atoms with van der Waals surface area (Å²) in [6.07, 6.45) is 3.97. The third-order valence-electron chi connectivity index (χ3n) is 4.76. The summed E-state index contributed by atoms with van der Waals surface area (Å²) >= 11 is 0. The topological polar surface area (TPSA) is 68.1 Å². The minimum Gasteiger partial charge on any atom is -0.378 e. The minimum absolute atomic E-state index is 0.179. The molecule has 1 fully saturated rings. The summed E-state index contributed by atoms with van der Waals surface area (Å²) in [5.74, 6) is 0.763. The van der Waals surface area contributed by atoms with Gasteiger partial charge in [-0.1, -0.05) is 6.07 Å². The van der Waals surface area contributed by atoms with E-state index in [0.29, 0.717) is 12.3 Å². The van der Waals surface area contributed by atoms with Gasteiger partial charge >= 0.3 is 0 Å². The Morgan fingerprint density at radius 3 is 3.08 bits per heavy atom. The average Bonchev–Trinajstić information content (AvgIpc) is 3.00. The summed E-state index contributed by atoms with van der Waals surface area (Å²) < 4.78 is 7.88. The van der Waals surface area contributed by atoms with Gasteiger partial charge in [-0.2, -0.15) is 5.26 Å². The number of imidazole rings is 1. The first kappa shape index (κ1) is 15.6. The van der Waals surface area contributed by atoms with E-state index in [4.69, 9.17) is 11.3 Å². The first-order chi connectivity index (χ1) is 12.2. The molecule has 4 rings (SSSR count). The number of aromatic nitrogens is 3. The van der Waals surface area contributed by atoms with Crippen LogP contribution in [0.4, 0.5) is 5.69 Å². The molecule has 0 amide bonds. The second-order valence-corrected chi connectivity index (χ2v) is 6.40. The van der Waals surface area contributed by atoms with E-state index in [1.54, 1.807) is 12.3 Å². The monoisotopic (exact) mass is 331 g/mol. The lowest BCUT2D eigenvalue weighted by atomic mass is 10.0. The number of hydrogen-bond donors (Lipinski definition) is 0. The highest BCUT2D eigenvalue weighted by Gasteiger charge is 2.26. The molecule has 0 aliphatic carbocycles. The van der Waals surface area contributed by atoms with E-state index in [2.05, 4.69) is 32.4 Å². The van der Waals surface area contributed by atoms with Crippen molar-refractivity contribution in [1.82, 2.24) is 14.5 Å². The fourth-order valence-corrected chi connectivity index (χ4v) is 3.68. The molecule has 1 aliphatic rings. The summed E-state index contributed by atoms with van der Waals surface area (Å²) in [4.78, 5) is 12.7. The Kier molecular flexibility index (Phi) is 3.83. The van der Waals surface area contributed by atoms with E-state index in [1.807, 2.05) is 12.1 Å². The van der Waals surface area contributed by atoms with Gasteiger partial charge in [0.1, 0.15) is 11.3 Å². The van der Waals surface area contributed by atoms with Gasteiger partial charge < -0.3 is 9.30 Å². The van der Waals surface area contributed by atoms with Crippen LogP contribution in [0.5, 0.6) is 0 Å². The fraction of sp³-hybridized carbons (Fsp3) is 0.368. The van der Waals surface area contributed by atoms with Crippen LogP contribution in [-0.4, -0.2) is 27.2 Å². The zero-order chi connectivity index (χ0) is 17.4. The molecule has 3 aromatic rings. The highest BCUT2D eigenvalue weighted by Crippen LogP contribution is 2.34. The van der Waals surface area contributed by atoms with Crippen LogP contribution in [0.2, 0.25) is 0 Å². The molecular formula is C19H17N5O. The van der Waals surface area contributed by atoms with E-state index in [-0.39, 0.29) is 18.6 Å². The van der Waals surface area contributed by atoms with E-state index < -0.39 is 0 Å². The molecule has 6 nitrogen and oxygen atoms in total. The fourth-order valence-electron chi connectivity index (χ4n) is 3.68. The predicted octanol–water partition coefficient (Wildman–Crippen LogP) is 3.94. The highest BCUT2D eigenvalue weighted by molar-refractivity contribution is 6.03. The largest absolute Gasteiger partial charge is 0.378 e. The minimum atomic E-state index is 0.179. The van der Waals surface area contributed by atoms with Crippen LogP contribution in [-0.2, 0) is 11.2 Å². The molecule has 124 valence electrons. The molecule has 0 unspecified atom stereocenters. The predicted molar refractivity (Wildman–Crippen MR) is 94.3 cm³/mol. The van der Waals surface area contributed by atoms with E-state index in [0.717, 1.165) is 40.6 Å². The van der Waals surface area contributed by atoms with Gasteiger partial charge in [0, 0.05) is 18.0 Å². The van der Waals surface area contributed by atoms with Crippen molar-refractivity contribution in [2.75, 3.05) is 6.61 Å². The third-order valence-corrected chi connectivity index (χ3v) is 4.76. The van der Waals surface area contributed by atoms with Crippen molar-refractivity contribution in [2.45, 2.75) is 38.3 Å². The second kappa shape index (κ2) is 6.16. The van der Waals surface area contributed by atoms with Gasteiger partial charge in [-0.25, -0.2) is 9.83 Å². The first-order valence-electron chi connectivity index (χ1n) is 8.37. The Morgan fingerprint density at radius 1 is 1.44 bits per heavy atom. The maximum Gasteiger partial charge on any atom is 0.188 e. The molecule has 0 bridgehead atoms. The summed E-state index contributed by atoms with van der Waals surface area (Å²) in [5, 5.41) is 10.2. The van der Waals surface area contributed by atoms with Gasteiger partial charge in [-0.05, 0) is 31.9 Å². The van der Waals surface area contributed by atoms with Crippen molar-refractivity contribution in [3.8, 4) is 6.07 Å². The first-order valence-corrected chi connectivity index (χ1v) is 8.37. The molecule has 0 saturated carbocycles. The molecule has 0 spiro atoms. The van der Waals surface area contributed by atoms with Gasteiger partial charge in [0.05, 0.1) is 42.4 Å². The van der Waals surface area contributed by atoms with Gasteiger partial charge in [-0.15, -0.1) is 0 Å². The number of ether oxygens (including phenoxy) is 1. The highest BCUT2D eigenvalue weighted by atomic mass is 16.5. The third kappa shape index (κ3) is 2.61. The molecule has 1 aliphatic heterocycles. The lowest BCUT2D eigenvalue weighted by molar-refractivity contribution is 0.00633. The number of nitrogens with zero attached hydrogens (tertiary/aromatic N) is 5. The quantitative estimate of drug-likeness (QED) is 0.667. The molecule has 1 aromatic carbocycles. The summed E-state index contributed by atoms with van der Waals surface area (Å²) in [6, 6.07) is 7.98. The zero-order valence-corrected chi connectivity index (χ0v) is 13.9. The van der Waals surface area contributed by atoms with E-state index in [9.17, 15) is 5.26 Å². The molecule has 6 heteroatoms. The number of pyridine rings is 1. The number of nitriles is 1. The van der Waals surface area contributed by atoms with Crippen molar-refractivity contribution >= 4 is 27.6 Å². The molecule has 0 N–H and O–H groups in total. The van der Waals surface area contributed by atoms with Crippen LogP contribution < -0.4 is 0 Å². The summed E-state index contributed by atoms with van der Waals surface area (Å²) in [5.41, 5.74) is 3.17. The van der Waals surface area contributed by atoms with Crippen molar-refractivity contribution < 1.29 is 4.74 Å². The van der Waals surface area contributed by atoms with E-state index >= 15 is 0 Å². The Balaban J connectivity index is 2.03. The lowest BCUT2D eigenvalue weighted by Crippen LogP contribution is -2.26. The summed E-state index contributed by atoms with van der Waals surface area (Å²) in [7, 11) is 0. The van der Waals surface area contributed by atoms with Crippen LogP contribution in [0.1, 0.15) is 31.6 Å². The Hall–Kier alpha value is -2.96. The molecule has 3 heterocycles. The van der Waals surface area contributed by atoms with E-state index in [1.165, 1.54) is 0 Å². The molecule has 2 atom stereocenters. The molecule has 0 radical (unpaired) electrons. The van der Waals surface area contributed by atoms with Crippen molar-refractivity contribution in [1.29, 1.82) is 5.26 Å². The maximum atomic E-state index is 9.23. The van der Waals surface area contributed by atoms with Crippen LogP contribution in [0.25, 0.3) is 26.8 Å². The normalized spacial score (nSPS) is 20.4. The van der Waals surface area contributed by atoms with Gasteiger partial charge in [0.15, 0.2) is 5.69 Å². The molecule has 25 heavy (non-hydrogen) atoms. The van der Waals surface area contributed by atoms with Gasteiger partial charge in [-0.3, -0.25) is 4.98 Å². The molecule has 1 saturated heterocycles. The molecular weight excluding hydrogens is 314 g/mol. The lowest BCUT2D eigenvalue weighted by Gasteiger charge is -2.30. The summed E-state index contributed by atoms with van der Waals surface area (Å²) in [6.45, 7) is 10.1. The Labute approximate surface area is 145 Å². The van der Waals surface area contributed by atoms with Crippen LogP contribution in [0.3, 0.4) is 0 Å². The van der Waals surface area contributed by atoms with Crippen LogP contribution in [0, 0.1) is 17.9 Å². The standard InChI is InChI=1S/C19H17N5O/c1-12-9-14(6-8-25-12)24-18(5-7-20)23-17-11-22-16-4-3-13(21-2)10-15(16)19(17)24/h3-4,10-12,14H,5-6,8-9H2,1H3/t12-,14-/m1/s1. The number of rotatable bonds is 2. The molecule has 2 aromatic heterocycles. The van der Waals surface area contributed by atoms with Crippen molar-refractivity contribution in [3.05, 3.63) is 41.6 Å². The van der Waals surface area contributed by atoms with Gasteiger partial charge in [0.25, 0.3) is 0 Å². The van der Waals surface area contributed by atoms with Crippen LogP contribution >= 0.6 is 0 Å². The Morgan fingerprint density at radius 2 is 2.32 bits per heavy atom. The number of fused-ring (bicyclic) bond motifs is 3. The van der Waals surface area contributed by atoms with Crippen LogP contribution in [0.15, 0.2) is 24.4 Å². The van der Waals surface area contributed by atoms with Crippen molar-refractivity contribution in [3.63, 3.8) is 0 Å². The second-order valence-electron chi connectivity index (χ2n) is 6.40. The Bertz CT molecular complexity index is 1040.